The molecule has 7 heteroatoms. The molecule has 6 rings (SSSR count). The number of halogens is 1. The largest absolute Gasteiger partial charge is 0.462 e. The lowest BCUT2D eigenvalue weighted by atomic mass is 9.98. The second-order valence-corrected chi connectivity index (χ2v) is 9.33. The van der Waals surface area contributed by atoms with Gasteiger partial charge in [0.2, 0.25) is 5.79 Å². The lowest BCUT2D eigenvalue weighted by Crippen LogP contribution is -2.54. The molecule has 170 valence electrons. The van der Waals surface area contributed by atoms with Crippen molar-refractivity contribution in [2.45, 2.75) is 44.2 Å². The molecule has 6 nitrogen and oxygen atoms in total. The number of carbonyl (C=O) groups excluding carboxylic acids is 1. The third-order valence-corrected chi connectivity index (χ3v) is 7.30. The normalized spacial score (nSPS) is 21.7. The molecule has 3 aliphatic rings. The van der Waals surface area contributed by atoms with Crippen LogP contribution in [0.5, 0.6) is 5.75 Å². The van der Waals surface area contributed by atoms with Crippen LogP contribution in [0.15, 0.2) is 48.7 Å². The number of likely N-dealkylation sites (tertiary alicyclic amines) is 1. The number of hydrogen-bond donors (Lipinski definition) is 0. The molecule has 4 heterocycles. The molecule has 1 aromatic heterocycles. The second kappa shape index (κ2) is 8.28. The van der Waals surface area contributed by atoms with E-state index in [-0.39, 0.29) is 12.0 Å². The molecule has 0 N–H and O–H groups in total. The standard InChI is InChI=1S/C26H25ClN2O4/c27-23-20(7-5-17-3-1-11-28-24(17)23)18-6-8-21-19(15-18)16-32-26(33-21)9-12-29(13-10-26)25(30)22-4-2-14-31-22/h1,3,5-8,11,15,22H,2,4,9-10,12-14,16H2. The van der Waals surface area contributed by atoms with E-state index in [1.165, 1.54) is 0 Å². The van der Waals surface area contributed by atoms with Gasteiger partial charge in [-0.2, -0.15) is 0 Å². The smallest absolute Gasteiger partial charge is 0.251 e. The lowest BCUT2D eigenvalue weighted by molar-refractivity contribution is -0.228. The average molecular weight is 465 g/mol. The number of rotatable bonds is 2. The molecule has 1 amide bonds. The third-order valence-electron chi connectivity index (χ3n) is 6.91. The van der Waals surface area contributed by atoms with Crippen molar-refractivity contribution in [1.29, 1.82) is 0 Å². The first-order valence-electron chi connectivity index (χ1n) is 11.5. The van der Waals surface area contributed by atoms with E-state index in [9.17, 15) is 4.79 Å². The zero-order valence-corrected chi connectivity index (χ0v) is 19.0. The summed E-state index contributed by atoms with van der Waals surface area (Å²) in [7, 11) is 0. The zero-order chi connectivity index (χ0) is 22.4. The Balaban J connectivity index is 1.19. The Morgan fingerprint density at radius 3 is 2.85 bits per heavy atom. The SMILES string of the molecule is O=C(C1CCCO1)N1CCC2(CC1)OCc1cc(-c3ccc4cccnc4c3Cl)ccc1O2. The second-order valence-electron chi connectivity index (χ2n) is 8.95. The summed E-state index contributed by atoms with van der Waals surface area (Å²) in [5.41, 5.74) is 3.73. The average Bonchev–Trinajstić information content (AvgIpc) is 3.40. The summed E-state index contributed by atoms with van der Waals surface area (Å²) in [5.74, 6) is 0.260. The van der Waals surface area contributed by atoms with Gasteiger partial charge in [-0.25, -0.2) is 0 Å². The molecule has 2 aromatic carbocycles. The number of piperidine rings is 1. The maximum absolute atomic E-state index is 12.7. The number of ether oxygens (including phenoxy) is 3. The maximum Gasteiger partial charge on any atom is 0.251 e. The van der Waals surface area contributed by atoms with Crippen LogP contribution in [-0.2, 0) is 20.9 Å². The van der Waals surface area contributed by atoms with Gasteiger partial charge in [0.25, 0.3) is 5.91 Å². The van der Waals surface area contributed by atoms with Gasteiger partial charge in [-0.3, -0.25) is 9.78 Å². The minimum Gasteiger partial charge on any atom is -0.462 e. The van der Waals surface area contributed by atoms with Crippen molar-refractivity contribution in [2.24, 2.45) is 0 Å². The summed E-state index contributed by atoms with van der Waals surface area (Å²) in [5, 5.41) is 1.66. The van der Waals surface area contributed by atoms with E-state index >= 15 is 0 Å². The number of aromatic nitrogens is 1. The van der Waals surface area contributed by atoms with Crippen molar-refractivity contribution >= 4 is 28.4 Å². The maximum atomic E-state index is 12.7. The van der Waals surface area contributed by atoms with E-state index in [1.54, 1.807) is 6.20 Å². The molecule has 3 aliphatic heterocycles. The number of amides is 1. The van der Waals surface area contributed by atoms with Gasteiger partial charge in [-0.15, -0.1) is 0 Å². The van der Waals surface area contributed by atoms with Crippen molar-refractivity contribution in [1.82, 2.24) is 9.88 Å². The van der Waals surface area contributed by atoms with Gasteiger partial charge in [0, 0.05) is 55.2 Å². The highest BCUT2D eigenvalue weighted by molar-refractivity contribution is 6.37. The van der Waals surface area contributed by atoms with Crippen molar-refractivity contribution in [3.63, 3.8) is 0 Å². The highest BCUT2D eigenvalue weighted by atomic mass is 35.5. The predicted molar refractivity (Wildman–Crippen MR) is 125 cm³/mol. The van der Waals surface area contributed by atoms with Crippen LogP contribution in [0, 0.1) is 0 Å². The molecular weight excluding hydrogens is 440 g/mol. The minimum atomic E-state index is -0.674. The number of fused-ring (bicyclic) bond motifs is 2. The van der Waals surface area contributed by atoms with Crippen LogP contribution in [0.3, 0.4) is 0 Å². The first-order chi connectivity index (χ1) is 16.1. The van der Waals surface area contributed by atoms with Crippen LogP contribution >= 0.6 is 11.6 Å². The monoisotopic (exact) mass is 464 g/mol. The molecule has 0 bridgehead atoms. The molecule has 0 aliphatic carbocycles. The van der Waals surface area contributed by atoms with E-state index in [1.807, 2.05) is 41.3 Å². The predicted octanol–water partition coefficient (Wildman–Crippen LogP) is 4.96. The van der Waals surface area contributed by atoms with Crippen molar-refractivity contribution in [3.05, 3.63) is 59.2 Å². The molecule has 1 unspecified atom stereocenters. The zero-order valence-electron chi connectivity index (χ0n) is 18.3. The minimum absolute atomic E-state index is 0.102. The summed E-state index contributed by atoms with van der Waals surface area (Å²) < 4.78 is 18.2. The van der Waals surface area contributed by atoms with Crippen LogP contribution in [0.4, 0.5) is 0 Å². The van der Waals surface area contributed by atoms with E-state index in [0.29, 0.717) is 44.2 Å². The van der Waals surface area contributed by atoms with Gasteiger partial charge in [0.1, 0.15) is 11.9 Å². The van der Waals surface area contributed by atoms with Crippen molar-refractivity contribution in [2.75, 3.05) is 19.7 Å². The van der Waals surface area contributed by atoms with Crippen LogP contribution in [-0.4, -0.2) is 47.4 Å². The van der Waals surface area contributed by atoms with Gasteiger partial charge >= 0.3 is 0 Å². The van der Waals surface area contributed by atoms with Gasteiger partial charge in [-0.05, 0) is 36.6 Å². The van der Waals surface area contributed by atoms with E-state index < -0.39 is 5.79 Å². The molecule has 3 aromatic rings. The molecule has 2 saturated heterocycles. The van der Waals surface area contributed by atoms with Crippen molar-refractivity contribution in [3.8, 4) is 16.9 Å². The fourth-order valence-corrected chi connectivity index (χ4v) is 5.35. The fraction of sp³-hybridized carbons (Fsp3) is 0.385. The topological polar surface area (TPSA) is 60.9 Å². The Morgan fingerprint density at radius 2 is 2.03 bits per heavy atom. The lowest BCUT2D eigenvalue weighted by Gasteiger charge is -2.44. The van der Waals surface area contributed by atoms with E-state index in [0.717, 1.165) is 46.2 Å². The number of pyridine rings is 1. The van der Waals surface area contributed by atoms with Gasteiger partial charge in [0.15, 0.2) is 0 Å². The highest BCUT2D eigenvalue weighted by Crippen LogP contribution is 2.41. The summed E-state index contributed by atoms with van der Waals surface area (Å²) >= 11 is 6.70. The molecular formula is C26H25ClN2O4. The van der Waals surface area contributed by atoms with E-state index in [2.05, 4.69) is 11.1 Å². The van der Waals surface area contributed by atoms with Crippen molar-refractivity contribution < 1.29 is 19.0 Å². The number of hydrogen-bond acceptors (Lipinski definition) is 5. The number of carbonyl (C=O) groups is 1. The Morgan fingerprint density at radius 1 is 1.15 bits per heavy atom. The molecule has 1 spiro atoms. The number of benzene rings is 2. The Labute approximate surface area is 197 Å². The molecule has 0 radical (unpaired) electrons. The van der Waals surface area contributed by atoms with E-state index in [4.69, 9.17) is 25.8 Å². The summed E-state index contributed by atoms with van der Waals surface area (Å²) in [6, 6.07) is 14.1. The fourth-order valence-electron chi connectivity index (χ4n) is 5.02. The molecule has 0 saturated carbocycles. The van der Waals surface area contributed by atoms with Crippen LogP contribution in [0.1, 0.15) is 31.2 Å². The first-order valence-corrected chi connectivity index (χ1v) is 11.9. The Kier molecular flexibility index (Phi) is 5.24. The summed E-state index contributed by atoms with van der Waals surface area (Å²) in [6.07, 6.45) is 4.55. The van der Waals surface area contributed by atoms with Gasteiger partial charge in [0.05, 0.1) is 17.1 Å². The summed E-state index contributed by atoms with van der Waals surface area (Å²) in [4.78, 5) is 19.0. The van der Waals surface area contributed by atoms with Gasteiger partial charge < -0.3 is 19.1 Å². The quantitative estimate of drug-likeness (QED) is 0.536. The first kappa shape index (κ1) is 20.9. The third kappa shape index (κ3) is 3.76. The van der Waals surface area contributed by atoms with Gasteiger partial charge in [-0.1, -0.05) is 35.9 Å². The molecule has 1 atom stereocenters. The van der Waals surface area contributed by atoms with Crippen LogP contribution in [0.25, 0.3) is 22.0 Å². The molecule has 2 fully saturated rings. The summed E-state index contributed by atoms with van der Waals surface area (Å²) in [6.45, 7) is 2.38. The number of nitrogens with zero attached hydrogens (tertiary/aromatic N) is 2. The van der Waals surface area contributed by atoms with Crippen LogP contribution < -0.4 is 4.74 Å². The Bertz CT molecular complexity index is 1220. The van der Waals surface area contributed by atoms with Crippen LogP contribution in [0.2, 0.25) is 5.02 Å². The Hall–Kier alpha value is -2.67. The molecule has 33 heavy (non-hydrogen) atoms. The highest BCUT2D eigenvalue weighted by Gasteiger charge is 2.43.